The van der Waals surface area contributed by atoms with Gasteiger partial charge in [0.05, 0.1) is 6.61 Å². The largest absolute Gasteiger partial charge is 0.383 e. The van der Waals surface area contributed by atoms with E-state index in [1.54, 1.807) is 7.11 Å². The Morgan fingerprint density at radius 3 is 2.92 bits per heavy atom. The van der Waals surface area contributed by atoms with Gasteiger partial charge < -0.3 is 10.1 Å². The van der Waals surface area contributed by atoms with E-state index in [1.807, 2.05) is 0 Å². The van der Waals surface area contributed by atoms with Gasteiger partial charge in [-0.2, -0.15) is 0 Å². The van der Waals surface area contributed by atoms with Gasteiger partial charge in [-0.3, -0.25) is 10.1 Å². The van der Waals surface area contributed by atoms with Crippen molar-refractivity contribution in [3.05, 3.63) is 0 Å². The Kier molecular flexibility index (Phi) is 2.69. The fourth-order valence-corrected chi connectivity index (χ4v) is 1.30. The van der Waals surface area contributed by atoms with Crippen LogP contribution in [0.4, 0.5) is 0 Å². The average Bonchev–Trinajstić information content (AvgIpc) is 1.97. The van der Waals surface area contributed by atoms with Crippen LogP contribution in [0.25, 0.3) is 0 Å². The molecule has 1 aliphatic heterocycles. The Morgan fingerprint density at radius 1 is 1.67 bits per heavy atom. The Bertz CT molecular complexity index is 180. The van der Waals surface area contributed by atoms with Crippen molar-refractivity contribution in [1.29, 1.82) is 0 Å². The summed E-state index contributed by atoms with van der Waals surface area (Å²) in [5, 5.41) is 6.03. The average molecular weight is 172 g/mol. The molecule has 4 heteroatoms. The molecule has 4 nitrogen and oxygen atoms in total. The highest BCUT2D eigenvalue weighted by Crippen LogP contribution is 2.07. The maximum atomic E-state index is 11.2. The van der Waals surface area contributed by atoms with E-state index in [1.165, 1.54) is 0 Å². The van der Waals surface area contributed by atoms with E-state index < -0.39 is 0 Å². The third kappa shape index (κ3) is 2.19. The minimum Gasteiger partial charge on any atom is -0.383 e. The fourth-order valence-electron chi connectivity index (χ4n) is 1.30. The summed E-state index contributed by atoms with van der Waals surface area (Å²) < 4.78 is 4.92. The molecule has 70 valence electrons. The zero-order valence-electron chi connectivity index (χ0n) is 7.81. The molecule has 1 unspecified atom stereocenters. The Balaban J connectivity index is 2.53. The highest BCUT2D eigenvalue weighted by atomic mass is 16.5. The van der Waals surface area contributed by atoms with Gasteiger partial charge in [-0.15, -0.1) is 0 Å². The third-order valence-electron chi connectivity index (χ3n) is 1.92. The predicted molar refractivity (Wildman–Crippen MR) is 45.9 cm³/mol. The summed E-state index contributed by atoms with van der Waals surface area (Å²) in [5.41, 5.74) is -0.0306. The molecular weight excluding hydrogens is 156 g/mol. The van der Waals surface area contributed by atoms with Gasteiger partial charge in [0.25, 0.3) is 0 Å². The van der Waals surface area contributed by atoms with Gasteiger partial charge in [0, 0.05) is 19.2 Å². The van der Waals surface area contributed by atoms with E-state index in [0.29, 0.717) is 13.2 Å². The summed E-state index contributed by atoms with van der Waals surface area (Å²) in [5.74, 6) is 0.0242. The molecule has 0 aliphatic carbocycles. The summed E-state index contributed by atoms with van der Waals surface area (Å²) in [4.78, 5) is 11.2. The van der Waals surface area contributed by atoms with E-state index in [-0.39, 0.29) is 17.5 Å². The normalized spacial score (nSPS) is 28.2. The molecule has 1 heterocycles. The van der Waals surface area contributed by atoms with Crippen LogP contribution < -0.4 is 10.6 Å². The molecule has 1 rings (SSSR count). The monoisotopic (exact) mass is 172 g/mol. The van der Waals surface area contributed by atoms with Crippen LogP contribution in [0.15, 0.2) is 0 Å². The van der Waals surface area contributed by atoms with E-state index in [2.05, 4.69) is 24.5 Å². The number of amides is 1. The molecule has 1 aliphatic rings. The number of carbonyl (C=O) groups is 1. The van der Waals surface area contributed by atoms with Gasteiger partial charge in [-0.25, -0.2) is 0 Å². The number of rotatable bonds is 2. The smallest absolute Gasteiger partial charge is 0.239 e. The van der Waals surface area contributed by atoms with Gasteiger partial charge in [-0.05, 0) is 13.8 Å². The highest BCUT2D eigenvalue weighted by molar-refractivity contribution is 5.83. The number of piperazine rings is 1. The highest BCUT2D eigenvalue weighted by Gasteiger charge is 2.32. The van der Waals surface area contributed by atoms with Gasteiger partial charge in [0.15, 0.2) is 0 Å². The number of nitrogens with one attached hydrogen (secondary N) is 2. The number of hydrogen-bond donors (Lipinski definition) is 2. The van der Waals surface area contributed by atoms with Crippen molar-refractivity contribution in [2.75, 3.05) is 20.3 Å². The Morgan fingerprint density at radius 2 is 2.33 bits per heavy atom. The molecule has 0 aromatic carbocycles. The topological polar surface area (TPSA) is 50.4 Å². The molecule has 12 heavy (non-hydrogen) atoms. The fraction of sp³-hybridized carbons (Fsp3) is 0.875. The molecule has 0 bridgehead atoms. The molecule has 1 saturated heterocycles. The summed E-state index contributed by atoms with van der Waals surface area (Å²) in [7, 11) is 1.59. The first kappa shape index (κ1) is 9.48. The lowest BCUT2D eigenvalue weighted by Crippen LogP contribution is -2.64. The van der Waals surface area contributed by atoms with Crippen LogP contribution in [0, 0.1) is 0 Å². The van der Waals surface area contributed by atoms with Crippen LogP contribution in [-0.4, -0.2) is 37.7 Å². The molecule has 0 aromatic rings. The summed E-state index contributed by atoms with van der Waals surface area (Å²) in [6.07, 6.45) is 0. The first-order chi connectivity index (χ1) is 5.55. The van der Waals surface area contributed by atoms with Crippen molar-refractivity contribution in [3.63, 3.8) is 0 Å². The van der Waals surface area contributed by atoms with Crippen LogP contribution >= 0.6 is 0 Å². The molecule has 1 fully saturated rings. The molecular formula is C8H16N2O2. The van der Waals surface area contributed by atoms with Crippen molar-refractivity contribution >= 4 is 5.91 Å². The van der Waals surface area contributed by atoms with Crippen molar-refractivity contribution in [1.82, 2.24) is 10.6 Å². The van der Waals surface area contributed by atoms with E-state index in [4.69, 9.17) is 4.74 Å². The maximum Gasteiger partial charge on any atom is 0.239 e. The first-order valence-electron chi connectivity index (χ1n) is 4.09. The summed E-state index contributed by atoms with van der Waals surface area (Å²) in [6, 6.07) is -0.209. The summed E-state index contributed by atoms with van der Waals surface area (Å²) in [6.45, 7) is 5.20. The lowest BCUT2D eigenvalue weighted by atomic mass is 10.0. The van der Waals surface area contributed by atoms with Crippen molar-refractivity contribution in [3.8, 4) is 0 Å². The minimum absolute atomic E-state index is 0.0242. The minimum atomic E-state index is -0.209. The SMILES string of the molecule is COCC1NC(C)(C)CNC1=O. The van der Waals surface area contributed by atoms with Gasteiger partial charge in [-0.1, -0.05) is 0 Å². The standard InChI is InChI=1S/C8H16N2O2/c1-8(2)5-9-7(11)6(10-8)4-12-3/h6,10H,4-5H2,1-3H3,(H,9,11). The number of hydrogen-bond acceptors (Lipinski definition) is 3. The van der Waals surface area contributed by atoms with Gasteiger partial charge in [0.1, 0.15) is 6.04 Å². The Labute approximate surface area is 72.7 Å². The molecule has 2 N–H and O–H groups in total. The number of methoxy groups -OCH3 is 1. The second-order valence-corrected chi connectivity index (χ2v) is 3.75. The molecule has 0 radical (unpaired) electrons. The van der Waals surface area contributed by atoms with E-state index in [9.17, 15) is 4.79 Å². The van der Waals surface area contributed by atoms with E-state index >= 15 is 0 Å². The van der Waals surface area contributed by atoms with Crippen LogP contribution in [0.1, 0.15) is 13.8 Å². The number of carbonyl (C=O) groups excluding carboxylic acids is 1. The number of ether oxygens (including phenoxy) is 1. The molecule has 1 atom stereocenters. The Hall–Kier alpha value is -0.610. The van der Waals surface area contributed by atoms with Crippen LogP contribution in [-0.2, 0) is 9.53 Å². The quantitative estimate of drug-likeness (QED) is 0.590. The van der Waals surface area contributed by atoms with Crippen LogP contribution in [0.5, 0.6) is 0 Å². The maximum absolute atomic E-state index is 11.2. The van der Waals surface area contributed by atoms with Crippen molar-refractivity contribution in [2.24, 2.45) is 0 Å². The molecule has 0 spiro atoms. The van der Waals surface area contributed by atoms with Crippen molar-refractivity contribution < 1.29 is 9.53 Å². The molecule has 1 amide bonds. The second-order valence-electron chi connectivity index (χ2n) is 3.75. The van der Waals surface area contributed by atoms with Crippen LogP contribution in [0.2, 0.25) is 0 Å². The van der Waals surface area contributed by atoms with Crippen LogP contribution in [0.3, 0.4) is 0 Å². The third-order valence-corrected chi connectivity index (χ3v) is 1.92. The zero-order valence-corrected chi connectivity index (χ0v) is 7.81. The van der Waals surface area contributed by atoms with Gasteiger partial charge in [0.2, 0.25) is 5.91 Å². The van der Waals surface area contributed by atoms with Crippen molar-refractivity contribution in [2.45, 2.75) is 25.4 Å². The zero-order chi connectivity index (χ0) is 9.19. The molecule has 0 aromatic heterocycles. The van der Waals surface area contributed by atoms with Gasteiger partial charge >= 0.3 is 0 Å². The first-order valence-corrected chi connectivity index (χ1v) is 4.09. The van der Waals surface area contributed by atoms with E-state index in [0.717, 1.165) is 0 Å². The second kappa shape index (κ2) is 3.41. The predicted octanol–water partition coefficient (Wildman–Crippen LogP) is -0.501. The lowest BCUT2D eigenvalue weighted by molar-refractivity contribution is -0.127. The molecule has 0 saturated carbocycles. The summed E-state index contributed by atoms with van der Waals surface area (Å²) >= 11 is 0. The lowest BCUT2D eigenvalue weighted by Gasteiger charge is -2.36.